The number of hydrogen-bond donors (Lipinski definition) is 2. The number of halogens is 3. The molecule has 0 atom stereocenters. The monoisotopic (exact) mass is 289 g/mol. The number of aliphatic carboxylic acids is 1. The third-order valence-corrected chi connectivity index (χ3v) is 3.53. The number of carboxylic acid groups (broad SMARTS) is 1. The SMILES string of the molecule is CCC(CC)(NCc1ccc(C(F)(F)F)cc1)C(=O)O. The molecule has 0 aliphatic carbocycles. The molecule has 0 aromatic heterocycles. The van der Waals surface area contributed by atoms with E-state index in [2.05, 4.69) is 5.32 Å². The summed E-state index contributed by atoms with van der Waals surface area (Å²) in [6, 6.07) is 4.70. The molecule has 112 valence electrons. The molecule has 0 fully saturated rings. The molecule has 0 aliphatic rings. The highest BCUT2D eigenvalue weighted by Crippen LogP contribution is 2.29. The van der Waals surface area contributed by atoms with Crippen molar-refractivity contribution in [2.45, 2.75) is 44.9 Å². The minimum absolute atomic E-state index is 0.214. The van der Waals surface area contributed by atoms with Crippen LogP contribution in [0.1, 0.15) is 37.8 Å². The van der Waals surface area contributed by atoms with Gasteiger partial charge in [0, 0.05) is 6.54 Å². The fourth-order valence-electron chi connectivity index (χ4n) is 1.96. The minimum atomic E-state index is -4.36. The van der Waals surface area contributed by atoms with Crippen LogP contribution in [0.25, 0.3) is 0 Å². The second-order valence-electron chi connectivity index (χ2n) is 4.64. The zero-order valence-corrected chi connectivity index (χ0v) is 11.4. The first-order valence-corrected chi connectivity index (χ1v) is 6.39. The van der Waals surface area contributed by atoms with Gasteiger partial charge in [-0.05, 0) is 30.5 Å². The van der Waals surface area contributed by atoms with Gasteiger partial charge in [0.25, 0.3) is 0 Å². The van der Waals surface area contributed by atoms with Crippen molar-refractivity contribution in [3.8, 4) is 0 Å². The molecule has 0 heterocycles. The Bertz CT molecular complexity index is 450. The predicted octanol–water partition coefficient (Wildman–Crippen LogP) is 3.44. The van der Waals surface area contributed by atoms with E-state index in [-0.39, 0.29) is 6.54 Å². The maximum atomic E-state index is 12.4. The van der Waals surface area contributed by atoms with E-state index in [4.69, 9.17) is 0 Å². The molecular weight excluding hydrogens is 271 g/mol. The maximum Gasteiger partial charge on any atom is 0.416 e. The average molecular weight is 289 g/mol. The Balaban J connectivity index is 2.77. The number of hydrogen-bond acceptors (Lipinski definition) is 2. The average Bonchev–Trinajstić information content (AvgIpc) is 2.39. The van der Waals surface area contributed by atoms with Crippen molar-refractivity contribution in [1.29, 1.82) is 0 Å². The van der Waals surface area contributed by atoms with E-state index in [0.29, 0.717) is 18.4 Å². The summed E-state index contributed by atoms with van der Waals surface area (Å²) in [7, 11) is 0. The van der Waals surface area contributed by atoms with Crippen molar-refractivity contribution >= 4 is 5.97 Å². The number of rotatable bonds is 6. The highest BCUT2D eigenvalue weighted by atomic mass is 19.4. The topological polar surface area (TPSA) is 49.3 Å². The Morgan fingerprint density at radius 1 is 1.15 bits per heavy atom. The van der Waals surface area contributed by atoms with Gasteiger partial charge < -0.3 is 5.11 Å². The van der Waals surface area contributed by atoms with Crippen molar-refractivity contribution < 1.29 is 23.1 Å². The largest absolute Gasteiger partial charge is 0.480 e. The zero-order chi connectivity index (χ0) is 15.4. The molecule has 1 rings (SSSR count). The first kappa shape index (κ1) is 16.5. The molecule has 0 saturated carbocycles. The quantitative estimate of drug-likeness (QED) is 0.843. The van der Waals surface area contributed by atoms with E-state index >= 15 is 0 Å². The van der Waals surface area contributed by atoms with Crippen molar-refractivity contribution in [1.82, 2.24) is 5.32 Å². The molecule has 2 N–H and O–H groups in total. The first-order chi connectivity index (χ1) is 9.25. The number of benzene rings is 1. The van der Waals surface area contributed by atoms with Crippen molar-refractivity contribution in [3.63, 3.8) is 0 Å². The standard InChI is InChI=1S/C14H18F3NO2/c1-3-13(4-2,12(19)20)18-9-10-5-7-11(8-6-10)14(15,16)17/h5-8,18H,3-4,9H2,1-2H3,(H,19,20). The second kappa shape index (κ2) is 6.26. The van der Waals surface area contributed by atoms with Crippen LogP contribution in [0.2, 0.25) is 0 Å². The van der Waals surface area contributed by atoms with Gasteiger partial charge in [-0.1, -0.05) is 26.0 Å². The van der Waals surface area contributed by atoms with Crippen LogP contribution in [-0.2, 0) is 17.5 Å². The summed E-state index contributed by atoms with van der Waals surface area (Å²) in [6.07, 6.45) is -3.55. The molecule has 0 radical (unpaired) electrons. The molecule has 0 unspecified atom stereocenters. The van der Waals surface area contributed by atoms with Crippen LogP contribution in [0.3, 0.4) is 0 Å². The van der Waals surface area contributed by atoms with Gasteiger partial charge in [-0.15, -0.1) is 0 Å². The number of alkyl halides is 3. The third-order valence-electron chi connectivity index (χ3n) is 3.53. The minimum Gasteiger partial charge on any atom is -0.480 e. The Labute approximate surface area is 115 Å². The number of carbonyl (C=O) groups is 1. The predicted molar refractivity (Wildman–Crippen MR) is 69.2 cm³/mol. The van der Waals surface area contributed by atoms with E-state index in [9.17, 15) is 23.1 Å². The van der Waals surface area contributed by atoms with Crippen LogP contribution in [0, 0.1) is 0 Å². The van der Waals surface area contributed by atoms with Gasteiger partial charge in [0.2, 0.25) is 0 Å². The number of carboxylic acids is 1. The van der Waals surface area contributed by atoms with E-state index in [1.54, 1.807) is 13.8 Å². The molecule has 6 heteroatoms. The molecule has 0 aliphatic heterocycles. The summed E-state index contributed by atoms with van der Waals surface area (Å²) in [5.41, 5.74) is -1.13. The molecule has 0 spiro atoms. The lowest BCUT2D eigenvalue weighted by Crippen LogP contribution is -2.50. The van der Waals surface area contributed by atoms with Crippen LogP contribution in [-0.4, -0.2) is 16.6 Å². The molecule has 0 bridgehead atoms. The molecule has 1 aromatic carbocycles. The van der Waals surface area contributed by atoms with E-state index in [1.165, 1.54) is 12.1 Å². The van der Waals surface area contributed by atoms with Gasteiger partial charge >= 0.3 is 12.1 Å². The highest BCUT2D eigenvalue weighted by Gasteiger charge is 2.34. The van der Waals surface area contributed by atoms with Gasteiger partial charge in [-0.25, -0.2) is 0 Å². The van der Waals surface area contributed by atoms with E-state index in [0.717, 1.165) is 12.1 Å². The fourth-order valence-corrected chi connectivity index (χ4v) is 1.96. The number of nitrogens with one attached hydrogen (secondary N) is 1. The lowest BCUT2D eigenvalue weighted by Gasteiger charge is -2.28. The highest BCUT2D eigenvalue weighted by molar-refractivity contribution is 5.78. The summed E-state index contributed by atoms with van der Waals surface area (Å²) >= 11 is 0. The molecule has 0 amide bonds. The summed E-state index contributed by atoms with van der Waals surface area (Å²) in [5.74, 6) is -0.950. The van der Waals surface area contributed by atoms with E-state index < -0.39 is 23.2 Å². The van der Waals surface area contributed by atoms with Crippen LogP contribution >= 0.6 is 0 Å². The molecular formula is C14H18F3NO2. The summed E-state index contributed by atoms with van der Waals surface area (Å²) in [4.78, 5) is 11.3. The van der Waals surface area contributed by atoms with Crippen LogP contribution < -0.4 is 5.32 Å². The fraction of sp³-hybridized carbons (Fsp3) is 0.500. The van der Waals surface area contributed by atoms with Gasteiger partial charge in [0.1, 0.15) is 5.54 Å². The Morgan fingerprint density at radius 2 is 1.65 bits per heavy atom. The molecule has 20 heavy (non-hydrogen) atoms. The van der Waals surface area contributed by atoms with Gasteiger partial charge in [-0.2, -0.15) is 13.2 Å². The lowest BCUT2D eigenvalue weighted by atomic mass is 9.92. The maximum absolute atomic E-state index is 12.4. The Hall–Kier alpha value is -1.56. The van der Waals surface area contributed by atoms with Gasteiger partial charge in [0.15, 0.2) is 0 Å². The molecule has 0 saturated heterocycles. The normalized spacial score (nSPS) is 12.4. The van der Waals surface area contributed by atoms with Crippen molar-refractivity contribution in [2.24, 2.45) is 0 Å². The van der Waals surface area contributed by atoms with Crippen LogP contribution in [0.4, 0.5) is 13.2 Å². The third kappa shape index (κ3) is 3.72. The van der Waals surface area contributed by atoms with Crippen LogP contribution in [0.15, 0.2) is 24.3 Å². The Morgan fingerprint density at radius 3 is 2.00 bits per heavy atom. The zero-order valence-electron chi connectivity index (χ0n) is 11.4. The first-order valence-electron chi connectivity index (χ1n) is 6.39. The van der Waals surface area contributed by atoms with Crippen LogP contribution in [0.5, 0.6) is 0 Å². The smallest absolute Gasteiger partial charge is 0.416 e. The second-order valence-corrected chi connectivity index (χ2v) is 4.64. The summed E-state index contributed by atoms with van der Waals surface area (Å²) in [6.45, 7) is 3.74. The lowest BCUT2D eigenvalue weighted by molar-refractivity contribution is -0.145. The molecule has 1 aromatic rings. The molecule has 3 nitrogen and oxygen atoms in total. The van der Waals surface area contributed by atoms with Gasteiger partial charge in [-0.3, -0.25) is 10.1 Å². The van der Waals surface area contributed by atoms with Crippen molar-refractivity contribution in [3.05, 3.63) is 35.4 Å². The summed E-state index contributed by atoms with van der Waals surface area (Å²) in [5, 5.41) is 12.2. The summed E-state index contributed by atoms with van der Waals surface area (Å²) < 4.78 is 37.2. The van der Waals surface area contributed by atoms with Crippen molar-refractivity contribution in [2.75, 3.05) is 0 Å². The Kier molecular flexibility index (Phi) is 5.16. The van der Waals surface area contributed by atoms with E-state index in [1.807, 2.05) is 0 Å². The van der Waals surface area contributed by atoms with Gasteiger partial charge in [0.05, 0.1) is 5.56 Å².